The van der Waals surface area contributed by atoms with Crippen molar-refractivity contribution in [3.8, 4) is 0 Å². The highest BCUT2D eigenvalue weighted by Crippen LogP contribution is 2.30. The maximum atomic E-state index is 12.9. The summed E-state index contributed by atoms with van der Waals surface area (Å²) in [6, 6.07) is 0. The van der Waals surface area contributed by atoms with Crippen LogP contribution in [0.15, 0.2) is 0 Å². The molecular formula is C18H38F3NO3S. The first-order valence-corrected chi connectivity index (χ1v) is 11.2. The number of hydrogen-bond donors (Lipinski definition) is 0. The lowest BCUT2D eigenvalue weighted by atomic mass is 10.1. The van der Waals surface area contributed by atoms with Crippen molar-refractivity contribution in [2.75, 3.05) is 26.2 Å². The summed E-state index contributed by atoms with van der Waals surface area (Å²) in [7, 11) is -5.91. The monoisotopic (exact) mass is 405 g/mol. The molecular weight excluding hydrogens is 367 g/mol. The van der Waals surface area contributed by atoms with Crippen molar-refractivity contribution in [1.82, 2.24) is 0 Å². The number of nitrogens with zero attached hydrogens (tertiary/aromatic N) is 1. The molecule has 0 aromatic heterocycles. The van der Waals surface area contributed by atoms with Crippen LogP contribution in [0.3, 0.4) is 0 Å². The molecule has 0 spiro atoms. The van der Waals surface area contributed by atoms with Crippen LogP contribution in [0.5, 0.6) is 0 Å². The lowest BCUT2D eigenvalue weighted by Crippen LogP contribution is -2.47. The molecule has 0 heterocycles. The minimum atomic E-state index is -5.91. The van der Waals surface area contributed by atoms with Crippen molar-refractivity contribution < 1.29 is 30.6 Å². The van der Waals surface area contributed by atoms with E-state index < -0.39 is 28.0 Å². The van der Waals surface area contributed by atoms with E-state index in [1.54, 1.807) is 0 Å². The van der Waals surface area contributed by atoms with Gasteiger partial charge in [0.05, 0.1) is 26.2 Å². The summed E-state index contributed by atoms with van der Waals surface area (Å²) in [5.41, 5.74) is 0. The number of hydrogen-bond acceptors (Lipinski definition) is 3. The van der Waals surface area contributed by atoms with Crippen LogP contribution >= 0.6 is 0 Å². The zero-order valence-electron chi connectivity index (χ0n) is 17.1. The lowest BCUT2D eigenvalue weighted by molar-refractivity contribution is -0.921. The third kappa shape index (κ3) is 10.1. The number of rotatable bonds is 13. The minimum Gasteiger partial charge on any atom is -0.743 e. The Morgan fingerprint density at radius 1 is 0.846 bits per heavy atom. The molecule has 0 saturated heterocycles. The molecule has 1 unspecified atom stereocenters. The number of halogens is 3. The molecule has 160 valence electrons. The van der Waals surface area contributed by atoms with Crippen molar-refractivity contribution in [2.24, 2.45) is 0 Å². The van der Waals surface area contributed by atoms with Crippen LogP contribution < -0.4 is 0 Å². The number of unbranched alkanes of at least 4 members (excludes halogenated alkanes) is 5. The standard InChI is InChI=1S/C10H19F3O3S.C8H20N/c1-2-3-4-5-6-7-8-9(11)10(12,13)17(14,15)16;1-5-9(6-2,7-3)8-4/h9H,2-8H2,1H3,(H,14,15,16);5-8H2,1-4H3/q;+1/p-1. The predicted octanol–water partition coefficient (Wildman–Crippen LogP) is 5.10. The number of quaternary nitrogens is 1. The summed E-state index contributed by atoms with van der Waals surface area (Å²) in [4.78, 5) is 0. The summed E-state index contributed by atoms with van der Waals surface area (Å²) in [6.45, 7) is 16.2. The molecule has 0 aliphatic carbocycles. The summed E-state index contributed by atoms with van der Waals surface area (Å²) in [5, 5.41) is -4.81. The third-order valence-electron chi connectivity index (χ3n) is 5.19. The molecule has 0 rings (SSSR count). The SMILES string of the molecule is CCCCCCCCC(F)C(F)(F)S(=O)(=O)[O-].CC[N+](CC)(CC)CC. The Bertz CT molecular complexity index is 423. The highest BCUT2D eigenvalue weighted by Gasteiger charge is 2.46. The van der Waals surface area contributed by atoms with E-state index in [1.807, 2.05) is 6.92 Å². The van der Waals surface area contributed by atoms with E-state index in [9.17, 15) is 26.1 Å². The van der Waals surface area contributed by atoms with E-state index in [0.29, 0.717) is 6.42 Å². The van der Waals surface area contributed by atoms with E-state index in [2.05, 4.69) is 27.7 Å². The molecule has 8 heteroatoms. The maximum absolute atomic E-state index is 12.9. The van der Waals surface area contributed by atoms with Gasteiger partial charge in [-0.25, -0.2) is 12.8 Å². The Morgan fingerprint density at radius 2 is 1.23 bits per heavy atom. The Labute approximate surface area is 158 Å². The molecule has 0 aromatic carbocycles. The summed E-state index contributed by atoms with van der Waals surface area (Å²) < 4.78 is 69.9. The Hall–Kier alpha value is -0.340. The minimum absolute atomic E-state index is 0.163. The van der Waals surface area contributed by atoms with Gasteiger partial charge in [-0.3, -0.25) is 0 Å². The first kappa shape index (κ1) is 27.9. The van der Waals surface area contributed by atoms with Crippen molar-refractivity contribution >= 4 is 10.1 Å². The average Bonchev–Trinajstić information content (AvgIpc) is 2.60. The zero-order chi connectivity index (χ0) is 20.9. The van der Waals surface area contributed by atoms with Crippen LogP contribution in [0.25, 0.3) is 0 Å². The van der Waals surface area contributed by atoms with Crippen LogP contribution in [-0.2, 0) is 10.1 Å². The fourth-order valence-electron chi connectivity index (χ4n) is 2.77. The first-order valence-electron chi connectivity index (χ1n) is 9.80. The molecule has 4 nitrogen and oxygen atoms in total. The molecule has 0 radical (unpaired) electrons. The van der Waals surface area contributed by atoms with E-state index in [1.165, 1.54) is 30.7 Å². The van der Waals surface area contributed by atoms with Gasteiger partial charge in [0, 0.05) is 0 Å². The van der Waals surface area contributed by atoms with Crippen LogP contribution in [-0.4, -0.2) is 55.1 Å². The van der Waals surface area contributed by atoms with Gasteiger partial charge < -0.3 is 9.04 Å². The molecule has 0 aromatic rings. The normalized spacial score (nSPS) is 13.9. The van der Waals surface area contributed by atoms with Gasteiger partial charge in [-0.2, -0.15) is 8.78 Å². The molecule has 0 N–H and O–H groups in total. The van der Waals surface area contributed by atoms with Gasteiger partial charge in [0.25, 0.3) is 0 Å². The van der Waals surface area contributed by atoms with Crippen LogP contribution in [0, 0.1) is 0 Å². The first-order chi connectivity index (χ1) is 12.0. The van der Waals surface area contributed by atoms with Crippen molar-refractivity contribution in [3.05, 3.63) is 0 Å². The van der Waals surface area contributed by atoms with Crippen LogP contribution in [0.1, 0.15) is 79.6 Å². The van der Waals surface area contributed by atoms with Crippen molar-refractivity contribution in [1.29, 1.82) is 0 Å². The summed E-state index contributed by atoms with van der Waals surface area (Å²) >= 11 is 0. The predicted molar refractivity (Wildman–Crippen MR) is 100.0 cm³/mol. The second-order valence-corrected chi connectivity index (χ2v) is 8.10. The fourth-order valence-corrected chi connectivity index (χ4v) is 3.20. The summed E-state index contributed by atoms with van der Waals surface area (Å²) in [5.74, 6) is 0. The van der Waals surface area contributed by atoms with Gasteiger partial charge in [-0.05, 0) is 34.1 Å². The van der Waals surface area contributed by atoms with E-state index in [4.69, 9.17) is 0 Å². The molecule has 0 saturated carbocycles. The van der Waals surface area contributed by atoms with Gasteiger partial charge >= 0.3 is 5.25 Å². The molecule has 0 fully saturated rings. The average molecular weight is 406 g/mol. The van der Waals surface area contributed by atoms with Gasteiger partial charge in [0.1, 0.15) is 0 Å². The molecule has 26 heavy (non-hydrogen) atoms. The van der Waals surface area contributed by atoms with E-state index >= 15 is 0 Å². The lowest BCUT2D eigenvalue weighted by Gasteiger charge is -2.34. The molecule has 0 amide bonds. The smallest absolute Gasteiger partial charge is 0.364 e. The van der Waals surface area contributed by atoms with Crippen molar-refractivity contribution in [3.63, 3.8) is 0 Å². The van der Waals surface area contributed by atoms with Gasteiger partial charge in [0.2, 0.25) is 0 Å². The van der Waals surface area contributed by atoms with Crippen molar-refractivity contribution in [2.45, 2.75) is 91.0 Å². The molecule has 0 bridgehead atoms. The fraction of sp³-hybridized carbons (Fsp3) is 1.00. The highest BCUT2D eigenvalue weighted by molar-refractivity contribution is 7.86. The Balaban J connectivity index is 0. The van der Waals surface area contributed by atoms with Crippen LogP contribution in [0.4, 0.5) is 13.2 Å². The van der Waals surface area contributed by atoms with E-state index in [0.717, 1.165) is 25.7 Å². The van der Waals surface area contributed by atoms with Gasteiger partial charge in [-0.1, -0.05) is 45.4 Å². The Kier molecular flexibility index (Phi) is 14.8. The Morgan fingerprint density at radius 3 is 1.54 bits per heavy atom. The molecule has 0 aliphatic heterocycles. The zero-order valence-corrected chi connectivity index (χ0v) is 17.9. The second-order valence-electron chi connectivity index (χ2n) is 6.65. The second kappa shape index (κ2) is 13.8. The quantitative estimate of drug-likeness (QED) is 0.243. The van der Waals surface area contributed by atoms with Gasteiger partial charge in [0.15, 0.2) is 16.3 Å². The van der Waals surface area contributed by atoms with Gasteiger partial charge in [-0.15, -0.1) is 0 Å². The number of alkyl halides is 3. The van der Waals surface area contributed by atoms with E-state index in [-0.39, 0.29) is 6.42 Å². The third-order valence-corrected chi connectivity index (χ3v) is 6.11. The summed E-state index contributed by atoms with van der Waals surface area (Å²) in [6.07, 6.45) is 1.05. The van der Waals surface area contributed by atoms with Crippen LogP contribution in [0.2, 0.25) is 0 Å². The largest absolute Gasteiger partial charge is 0.743 e. The highest BCUT2D eigenvalue weighted by atomic mass is 32.2. The maximum Gasteiger partial charge on any atom is 0.364 e. The topological polar surface area (TPSA) is 57.2 Å². The molecule has 0 aliphatic rings. The molecule has 1 atom stereocenters.